The van der Waals surface area contributed by atoms with E-state index in [-0.39, 0.29) is 5.75 Å². The number of aromatic nitrogens is 1. The average Bonchev–Trinajstić information content (AvgIpc) is 2.27. The van der Waals surface area contributed by atoms with E-state index in [1.807, 2.05) is 13.0 Å². The van der Waals surface area contributed by atoms with Crippen LogP contribution in [0.1, 0.15) is 24.2 Å². The molecule has 0 unspecified atom stereocenters. The van der Waals surface area contributed by atoms with Gasteiger partial charge in [-0.15, -0.1) is 0 Å². The van der Waals surface area contributed by atoms with Crippen LogP contribution >= 0.6 is 0 Å². The Balaban J connectivity index is 2.20. The zero-order valence-electron chi connectivity index (χ0n) is 11.0. The molecule has 0 saturated carbocycles. The number of aromatic hydroxyl groups is 1. The third kappa shape index (κ3) is 5.65. The summed E-state index contributed by atoms with van der Waals surface area (Å²) < 4.78 is 0. The van der Waals surface area contributed by atoms with Gasteiger partial charge in [0.1, 0.15) is 5.75 Å². The molecule has 0 bridgehead atoms. The Morgan fingerprint density at radius 3 is 2.76 bits per heavy atom. The van der Waals surface area contributed by atoms with Crippen molar-refractivity contribution < 1.29 is 5.11 Å². The fourth-order valence-electron chi connectivity index (χ4n) is 1.62. The topological polar surface area (TPSA) is 48.4 Å². The van der Waals surface area contributed by atoms with Crippen LogP contribution in [0.15, 0.2) is 12.1 Å². The van der Waals surface area contributed by atoms with E-state index in [1.54, 1.807) is 6.07 Å². The molecule has 0 aliphatic rings. The lowest BCUT2D eigenvalue weighted by molar-refractivity contribution is 0.391. The number of pyridine rings is 1. The Morgan fingerprint density at radius 2 is 2.06 bits per heavy atom. The summed E-state index contributed by atoms with van der Waals surface area (Å²) in [5.74, 6) is 0.274. The molecule has 0 aliphatic heterocycles. The van der Waals surface area contributed by atoms with Gasteiger partial charge in [0.25, 0.3) is 0 Å². The van der Waals surface area contributed by atoms with E-state index in [2.05, 4.69) is 29.3 Å². The molecule has 0 amide bonds. The largest absolute Gasteiger partial charge is 0.506 e. The molecule has 2 N–H and O–H groups in total. The molecule has 0 atom stereocenters. The summed E-state index contributed by atoms with van der Waals surface area (Å²) in [6, 6.07) is 3.52. The van der Waals surface area contributed by atoms with Gasteiger partial charge in [0.15, 0.2) is 0 Å². The van der Waals surface area contributed by atoms with Crippen LogP contribution in [0.5, 0.6) is 5.75 Å². The highest BCUT2D eigenvalue weighted by molar-refractivity contribution is 5.27. The summed E-state index contributed by atoms with van der Waals surface area (Å²) >= 11 is 0. The van der Waals surface area contributed by atoms with E-state index in [0.29, 0.717) is 6.54 Å². The van der Waals surface area contributed by atoms with Crippen LogP contribution in [0.2, 0.25) is 0 Å². The maximum absolute atomic E-state index is 9.60. The summed E-state index contributed by atoms with van der Waals surface area (Å²) in [5.41, 5.74) is 1.67. The average molecular weight is 237 g/mol. The maximum Gasteiger partial charge on any atom is 0.138 e. The zero-order valence-corrected chi connectivity index (χ0v) is 11.0. The van der Waals surface area contributed by atoms with Crippen molar-refractivity contribution in [1.82, 2.24) is 15.2 Å². The summed E-state index contributed by atoms with van der Waals surface area (Å²) in [4.78, 5) is 6.49. The summed E-state index contributed by atoms with van der Waals surface area (Å²) in [6.07, 6.45) is 2.33. The number of unbranched alkanes of at least 4 members (excludes halogenated alkanes) is 1. The Bertz CT molecular complexity index is 339. The predicted octanol–water partition coefficient (Wildman–Crippen LogP) is 1.53. The summed E-state index contributed by atoms with van der Waals surface area (Å²) in [5, 5.41) is 12.9. The zero-order chi connectivity index (χ0) is 12.7. The Kier molecular flexibility index (Phi) is 5.94. The summed E-state index contributed by atoms with van der Waals surface area (Å²) in [6.45, 7) is 4.65. The second-order valence-electron chi connectivity index (χ2n) is 4.61. The van der Waals surface area contributed by atoms with E-state index >= 15 is 0 Å². The fraction of sp³-hybridized carbons (Fsp3) is 0.615. The molecular formula is C13H23N3O. The highest BCUT2D eigenvalue weighted by Crippen LogP contribution is 2.13. The minimum Gasteiger partial charge on any atom is -0.506 e. The highest BCUT2D eigenvalue weighted by Gasteiger charge is 2.02. The monoisotopic (exact) mass is 237 g/mol. The van der Waals surface area contributed by atoms with E-state index in [0.717, 1.165) is 30.9 Å². The van der Waals surface area contributed by atoms with Crippen LogP contribution in [0.4, 0.5) is 0 Å². The Morgan fingerprint density at radius 1 is 1.29 bits per heavy atom. The number of aryl methyl sites for hydroxylation is 1. The van der Waals surface area contributed by atoms with Gasteiger partial charge in [-0.1, -0.05) is 0 Å². The Hall–Kier alpha value is -1.13. The first-order valence-corrected chi connectivity index (χ1v) is 6.10. The molecule has 4 heteroatoms. The van der Waals surface area contributed by atoms with Crippen molar-refractivity contribution >= 4 is 0 Å². The van der Waals surface area contributed by atoms with Gasteiger partial charge in [-0.2, -0.15) is 0 Å². The van der Waals surface area contributed by atoms with E-state index in [9.17, 15) is 5.11 Å². The number of rotatable bonds is 7. The van der Waals surface area contributed by atoms with Gasteiger partial charge in [0.2, 0.25) is 0 Å². The number of nitrogens with one attached hydrogen (secondary N) is 1. The molecule has 17 heavy (non-hydrogen) atoms. The molecule has 1 aromatic rings. The van der Waals surface area contributed by atoms with Gasteiger partial charge < -0.3 is 15.3 Å². The van der Waals surface area contributed by atoms with Crippen molar-refractivity contribution in [2.75, 3.05) is 27.2 Å². The van der Waals surface area contributed by atoms with Crippen LogP contribution in [0.25, 0.3) is 0 Å². The van der Waals surface area contributed by atoms with Crippen molar-refractivity contribution in [3.05, 3.63) is 23.5 Å². The van der Waals surface area contributed by atoms with Crippen molar-refractivity contribution in [3.8, 4) is 5.75 Å². The van der Waals surface area contributed by atoms with Gasteiger partial charge in [-0.3, -0.25) is 4.98 Å². The van der Waals surface area contributed by atoms with Gasteiger partial charge in [-0.05, 0) is 59.1 Å². The van der Waals surface area contributed by atoms with Crippen molar-refractivity contribution in [3.63, 3.8) is 0 Å². The first-order chi connectivity index (χ1) is 8.09. The highest BCUT2D eigenvalue weighted by atomic mass is 16.3. The van der Waals surface area contributed by atoms with E-state index in [1.165, 1.54) is 6.42 Å². The second-order valence-corrected chi connectivity index (χ2v) is 4.61. The summed E-state index contributed by atoms with van der Waals surface area (Å²) in [7, 11) is 4.17. The van der Waals surface area contributed by atoms with Crippen LogP contribution < -0.4 is 5.32 Å². The number of hydrogen-bond acceptors (Lipinski definition) is 4. The standard InChI is InChI=1S/C13H23N3O/c1-11-6-7-13(17)12(15-11)10-14-8-4-5-9-16(2)3/h6-7,14,17H,4-5,8-10H2,1-3H3. The molecule has 0 radical (unpaired) electrons. The SMILES string of the molecule is Cc1ccc(O)c(CNCCCCN(C)C)n1. The molecule has 0 aliphatic carbocycles. The molecule has 0 saturated heterocycles. The predicted molar refractivity (Wildman–Crippen MR) is 70.1 cm³/mol. The fourth-order valence-corrected chi connectivity index (χ4v) is 1.62. The van der Waals surface area contributed by atoms with Gasteiger partial charge in [-0.25, -0.2) is 0 Å². The van der Waals surface area contributed by atoms with Crippen molar-refractivity contribution in [2.45, 2.75) is 26.3 Å². The van der Waals surface area contributed by atoms with Crippen LogP contribution in [0, 0.1) is 6.92 Å². The van der Waals surface area contributed by atoms with Gasteiger partial charge in [0, 0.05) is 12.2 Å². The van der Waals surface area contributed by atoms with E-state index < -0.39 is 0 Å². The normalized spacial score (nSPS) is 11.1. The first kappa shape index (κ1) is 13.9. The molecule has 4 nitrogen and oxygen atoms in total. The third-order valence-electron chi connectivity index (χ3n) is 2.59. The van der Waals surface area contributed by atoms with Crippen molar-refractivity contribution in [2.24, 2.45) is 0 Å². The molecule has 1 rings (SSSR count). The van der Waals surface area contributed by atoms with Crippen LogP contribution in [-0.2, 0) is 6.54 Å². The molecule has 0 aromatic carbocycles. The minimum atomic E-state index is 0.274. The lowest BCUT2D eigenvalue weighted by atomic mass is 10.2. The Labute approximate surface area is 104 Å². The lowest BCUT2D eigenvalue weighted by Crippen LogP contribution is -2.18. The maximum atomic E-state index is 9.60. The quantitative estimate of drug-likeness (QED) is 0.706. The first-order valence-electron chi connectivity index (χ1n) is 6.10. The van der Waals surface area contributed by atoms with Gasteiger partial charge in [0.05, 0.1) is 5.69 Å². The van der Waals surface area contributed by atoms with E-state index in [4.69, 9.17) is 0 Å². The van der Waals surface area contributed by atoms with Crippen LogP contribution in [0.3, 0.4) is 0 Å². The second kappa shape index (κ2) is 7.25. The molecular weight excluding hydrogens is 214 g/mol. The van der Waals surface area contributed by atoms with Gasteiger partial charge >= 0.3 is 0 Å². The third-order valence-corrected chi connectivity index (χ3v) is 2.59. The lowest BCUT2D eigenvalue weighted by Gasteiger charge is -2.09. The molecule has 0 spiro atoms. The molecule has 1 heterocycles. The molecule has 96 valence electrons. The minimum absolute atomic E-state index is 0.274. The molecule has 0 fully saturated rings. The smallest absolute Gasteiger partial charge is 0.138 e. The van der Waals surface area contributed by atoms with Crippen LogP contribution in [-0.4, -0.2) is 42.2 Å². The number of hydrogen-bond donors (Lipinski definition) is 2. The molecule has 1 aromatic heterocycles. The number of nitrogens with zero attached hydrogens (tertiary/aromatic N) is 2. The van der Waals surface area contributed by atoms with Crippen molar-refractivity contribution in [1.29, 1.82) is 0 Å².